The normalized spacial score (nSPS) is 12.2. The van der Waals surface area contributed by atoms with Gasteiger partial charge in [-0.2, -0.15) is 13.2 Å². The van der Waals surface area contributed by atoms with E-state index in [1.807, 2.05) is 13.0 Å². The van der Waals surface area contributed by atoms with Gasteiger partial charge >= 0.3 is 6.18 Å². The van der Waals surface area contributed by atoms with E-state index >= 15 is 0 Å². The predicted octanol–water partition coefficient (Wildman–Crippen LogP) is 2.48. The maximum absolute atomic E-state index is 12.9. The van der Waals surface area contributed by atoms with Crippen molar-refractivity contribution >= 4 is 23.0 Å². The van der Waals surface area contributed by atoms with E-state index < -0.39 is 37.2 Å². The van der Waals surface area contributed by atoms with Gasteiger partial charge in [-0.1, -0.05) is 6.07 Å². The lowest BCUT2D eigenvalue weighted by molar-refractivity contribution is -0.141. The highest BCUT2D eigenvalue weighted by Crippen LogP contribution is 2.31. The van der Waals surface area contributed by atoms with Gasteiger partial charge in [-0.3, -0.25) is 5.32 Å². The van der Waals surface area contributed by atoms with Gasteiger partial charge in [0.2, 0.25) is 5.95 Å². The summed E-state index contributed by atoms with van der Waals surface area (Å²) in [5, 5.41) is 34.6. The largest absolute Gasteiger partial charge is 0.433 e. The molecule has 2 heterocycles. The maximum atomic E-state index is 12.9. The second-order valence-electron chi connectivity index (χ2n) is 7.20. The van der Waals surface area contributed by atoms with Crippen LogP contribution in [0.2, 0.25) is 0 Å². The average Bonchev–Trinajstić information content (AvgIpc) is 3.24. The highest BCUT2D eigenvalue weighted by atomic mass is 32.1. The lowest BCUT2D eigenvalue weighted by atomic mass is 10.0. The van der Waals surface area contributed by atoms with Crippen LogP contribution in [-0.2, 0) is 12.7 Å². The molecule has 0 saturated carbocycles. The smallest absolute Gasteiger partial charge is 0.394 e. The van der Waals surface area contributed by atoms with Crippen LogP contribution in [0.25, 0.3) is 10.4 Å². The van der Waals surface area contributed by atoms with Crippen LogP contribution in [0.15, 0.2) is 36.7 Å². The summed E-state index contributed by atoms with van der Waals surface area (Å²) in [6, 6.07) is 6.22. The number of aliphatic hydroxyl groups is 3. The van der Waals surface area contributed by atoms with Crippen molar-refractivity contribution in [1.29, 1.82) is 0 Å². The number of alkyl halides is 3. The Kier molecular flexibility index (Phi) is 7.41. The first-order valence-electron chi connectivity index (χ1n) is 9.50. The Bertz CT molecular complexity index is 1050. The van der Waals surface area contributed by atoms with Crippen molar-refractivity contribution in [2.75, 3.05) is 25.1 Å². The number of nitrogens with one attached hydrogen (secondary N) is 2. The van der Waals surface area contributed by atoms with Crippen molar-refractivity contribution in [3.63, 3.8) is 0 Å². The Hall–Kier alpha value is -2.64. The third-order valence-electron chi connectivity index (χ3n) is 4.64. The van der Waals surface area contributed by atoms with Crippen molar-refractivity contribution in [2.45, 2.75) is 25.2 Å². The molecular formula is C20H22F3N5O3S. The SMILES string of the molecule is Cc1cc(Nc2nccc(C(F)(F)F)n2)cc(-c2cnc(CNC(CO)(CO)CO)s2)c1. The fraction of sp³-hybridized carbons (Fsp3) is 0.350. The quantitative estimate of drug-likeness (QED) is 0.324. The summed E-state index contributed by atoms with van der Waals surface area (Å²) in [4.78, 5) is 12.5. The number of halogens is 3. The third kappa shape index (κ3) is 5.78. The van der Waals surface area contributed by atoms with Gasteiger partial charge in [0.25, 0.3) is 0 Å². The molecule has 0 unspecified atom stereocenters. The number of rotatable bonds is 9. The van der Waals surface area contributed by atoms with Gasteiger partial charge in [0.05, 0.1) is 30.2 Å². The van der Waals surface area contributed by atoms with Gasteiger partial charge in [0.15, 0.2) is 0 Å². The van der Waals surface area contributed by atoms with Crippen LogP contribution in [0.1, 0.15) is 16.3 Å². The van der Waals surface area contributed by atoms with E-state index in [1.165, 1.54) is 11.3 Å². The Morgan fingerprint density at radius 2 is 1.75 bits per heavy atom. The van der Waals surface area contributed by atoms with Crippen molar-refractivity contribution < 1.29 is 28.5 Å². The summed E-state index contributed by atoms with van der Waals surface area (Å²) in [5.41, 5.74) is -0.0673. The van der Waals surface area contributed by atoms with Crippen LogP contribution in [0, 0.1) is 6.92 Å². The number of benzene rings is 1. The van der Waals surface area contributed by atoms with Crippen LogP contribution >= 0.6 is 11.3 Å². The number of hydrogen-bond acceptors (Lipinski definition) is 9. The molecule has 3 rings (SSSR count). The highest BCUT2D eigenvalue weighted by Gasteiger charge is 2.32. The van der Waals surface area contributed by atoms with E-state index in [-0.39, 0.29) is 12.5 Å². The summed E-state index contributed by atoms with van der Waals surface area (Å²) in [5.74, 6) is -0.168. The molecule has 1 aromatic carbocycles. The van der Waals surface area contributed by atoms with E-state index in [1.54, 1.807) is 18.3 Å². The van der Waals surface area contributed by atoms with E-state index in [0.29, 0.717) is 10.7 Å². The highest BCUT2D eigenvalue weighted by molar-refractivity contribution is 7.15. The molecule has 5 N–H and O–H groups in total. The molecule has 0 radical (unpaired) electrons. The summed E-state index contributed by atoms with van der Waals surface area (Å²) in [6.45, 7) is 0.749. The first-order chi connectivity index (χ1) is 15.2. The molecule has 0 saturated heterocycles. The zero-order valence-corrected chi connectivity index (χ0v) is 17.8. The summed E-state index contributed by atoms with van der Waals surface area (Å²) >= 11 is 1.36. The third-order valence-corrected chi connectivity index (χ3v) is 5.69. The van der Waals surface area contributed by atoms with Crippen molar-refractivity contribution in [2.24, 2.45) is 0 Å². The number of aliphatic hydroxyl groups excluding tert-OH is 3. The van der Waals surface area contributed by atoms with Crippen LogP contribution in [0.4, 0.5) is 24.8 Å². The molecule has 0 aliphatic carbocycles. The van der Waals surface area contributed by atoms with Crippen LogP contribution in [-0.4, -0.2) is 55.6 Å². The van der Waals surface area contributed by atoms with Crippen molar-refractivity contribution in [1.82, 2.24) is 20.3 Å². The van der Waals surface area contributed by atoms with Gasteiger partial charge in [-0.25, -0.2) is 15.0 Å². The van der Waals surface area contributed by atoms with Gasteiger partial charge in [-0.15, -0.1) is 11.3 Å². The summed E-state index contributed by atoms with van der Waals surface area (Å²) < 4.78 is 38.7. The Balaban J connectivity index is 1.78. The first kappa shape index (κ1) is 24.0. The Labute approximate surface area is 185 Å². The van der Waals surface area contributed by atoms with E-state index in [9.17, 15) is 28.5 Å². The first-order valence-corrected chi connectivity index (χ1v) is 10.3. The summed E-state index contributed by atoms with van der Waals surface area (Å²) in [7, 11) is 0. The van der Waals surface area contributed by atoms with Gasteiger partial charge in [0, 0.05) is 24.6 Å². The summed E-state index contributed by atoms with van der Waals surface area (Å²) in [6.07, 6.45) is -1.87. The van der Waals surface area contributed by atoms with E-state index in [4.69, 9.17) is 0 Å². The zero-order valence-electron chi connectivity index (χ0n) is 17.0. The fourth-order valence-corrected chi connectivity index (χ4v) is 3.65. The van der Waals surface area contributed by atoms with Crippen LogP contribution < -0.4 is 10.6 Å². The minimum absolute atomic E-state index is 0.168. The second kappa shape index (κ2) is 9.88. The Morgan fingerprint density at radius 3 is 2.41 bits per heavy atom. The van der Waals surface area contributed by atoms with Gasteiger partial charge < -0.3 is 20.6 Å². The van der Waals surface area contributed by atoms with Crippen LogP contribution in [0.3, 0.4) is 0 Å². The predicted molar refractivity (Wildman–Crippen MR) is 113 cm³/mol. The minimum Gasteiger partial charge on any atom is -0.394 e. The second-order valence-corrected chi connectivity index (χ2v) is 8.32. The average molecular weight is 469 g/mol. The van der Waals surface area contributed by atoms with Crippen molar-refractivity contribution in [3.8, 4) is 10.4 Å². The maximum Gasteiger partial charge on any atom is 0.433 e. The molecular weight excluding hydrogens is 447 g/mol. The number of hydrogen-bond donors (Lipinski definition) is 5. The molecule has 172 valence electrons. The molecule has 3 aromatic rings. The topological polar surface area (TPSA) is 123 Å². The lowest BCUT2D eigenvalue weighted by Crippen LogP contribution is -2.54. The standard InChI is InChI=1S/C20H22F3N5O3S/c1-12-4-13(15-7-25-17(32-15)8-26-19(9-29,10-30)11-31)6-14(5-12)27-18-24-3-2-16(28-18)20(21,22)23/h2-7,26,29-31H,8-11H2,1H3,(H,24,27,28). The molecule has 0 bridgehead atoms. The van der Waals surface area contributed by atoms with E-state index in [2.05, 4.69) is 25.6 Å². The number of thiazole rings is 1. The number of anilines is 2. The molecule has 0 spiro atoms. The molecule has 8 nitrogen and oxygen atoms in total. The van der Waals surface area contributed by atoms with Crippen LogP contribution in [0.5, 0.6) is 0 Å². The van der Waals surface area contributed by atoms with E-state index in [0.717, 1.165) is 28.3 Å². The minimum atomic E-state index is -4.57. The molecule has 0 aliphatic rings. The fourth-order valence-electron chi connectivity index (χ4n) is 2.81. The molecule has 0 fully saturated rings. The monoisotopic (exact) mass is 469 g/mol. The zero-order chi connectivity index (χ0) is 23.4. The van der Waals surface area contributed by atoms with Gasteiger partial charge in [-0.05, 0) is 36.2 Å². The lowest BCUT2D eigenvalue weighted by Gasteiger charge is -2.28. The molecule has 0 atom stereocenters. The molecule has 0 amide bonds. The number of aryl methyl sites for hydroxylation is 1. The molecule has 12 heteroatoms. The number of aromatic nitrogens is 3. The number of nitrogens with zero attached hydrogens (tertiary/aromatic N) is 3. The Morgan fingerprint density at radius 1 is 1.03 bits per heavy atom. The molecule has 2 aromatic heterocycles. The molecule has 0 aliphatic heterocycles. The van der Waals surface area contributed by atoms with Gasteiger partial charge in [0.1, 0.15) is 10.7 Å². The van der Waals surface area contributed by atoms with Crippen molar-refractivity contribution in [3.05, 3.63) is 52.9 Å². The molecule has 32 heavy (non-hydrogen) atoms.